The van der Waals surface area contributed by atoms with Crippen molar-refractivity contribution in [1.82, 2.24) is 4.98 Å². The molecule has 0 saturated heterocycles. The summed E-state index contributed by atoms with van der Waals surface area (Å²) >= 11 is 0. The summed E-state index contributed by atoms with van der Waals surface area (Å²) in [4.78, 5) is 16.0. The van der Waals surface area contributed by atoms with Crippen molar-refractivity contribution in [1.29, 1.82) is 0 Å². The Kier molecular flexibility index (Phi) is 5.05. The van der Waals surface area contributed by atoms with Gasteiger partial charge in [0.15, 0.2) is 17.2 Å². The molecule has 0 aliphatic rings. The fraction of sp³-hybridized carbons (Fsp3) is 0. The van der Waals surface area contributed by atoms with Crippen LogP contribution in [-0.2, 0) is 10.0 Å². The first-order valence-electron chi connectivity index (χ1n) is 7.85. The third-order valence-electron chi connectivity index (χ3n) is 3.67. The molecule has 1 heterocycles. The first-order chi connectivity index (χ1) is 13.3. The number of aromatic hydroxyl groups is 3. The molecule has 0 spiro atoms. The molecule has 0 saturated carbocycles. The summed E-state index contributed by atoms with van der Waals surface area (Å²) in [6.45, 7) is 0. The maximum Gasteiger partial charge on any atom is 0.263 e. The molecule has 3 aromatic rings. The van der Waals surface area contributed by atoms with Crippen molar-refractivity contribution in [2.45, 2.75) is 4.90 Å². The number of carbonyl (C=O) groups excluding carboxylic acids is 1. The molecule has 0 aliphatic carbocycles. The summed E-state index contributed by atoms with van der Waals surface area (Å²) < 4.78 is 26.9. The van der Waals surface area contributed by atoms with Crippen LogP contribution in [0.2, 0.25) is 0 Å². The number of hydrogen-bond acceptors (Lipinski definition) is 7. The Morgan fingerprint density at radius 2 is 1.54 bits per heavy atom. The zero-order chi connectivity index (χ0) is 20.3. The minimum atomic E-state index is -3.78. The van der Waals surface area contributed by atoms with Gasteiger partial charge in [-0.1, -0.05) is 0 Å². The number of phenolic OH excluding ortho intramolecular Hbond substituents is 3. The van der Waals surface area contributed by atoms with Crippen LogP contribution in [0.25, 0.3) is 0 Å². The molecule has 5 N–H and O–H groups in total. The largest absolute Gasteiger partial charge is 0.504 e. The minimum Gasteiger partial charge on any atom is -0.504 e. The third-order valence-corrected chi connectivity index (χ3v) is 5.04. The van der Waals surface area contributed by atoms with Gasteiger partial charge in [-0.05, 0) is 48.5 Å². The molecular formula is C18H15N3O6S. The van der Waals surface area contributed by atoms with Crippen LogP contribution in [0.1, 0.15) is 10.4 Å². The maximum atomic E-state index is 12.3. The van der Waals surface area contributed by atoms with Crippen molar-refractivity contribution in [3.63, 3.8) is 0 Å². The number of aromatic nitrogens is 1. The standard InChI is InChI=1S/C18H15N3O6S/c22-15-8-11(9-16(23)17(15)24)18(25)20-12-3-5-13(6-4-12)21-28(26,27)14-2-1-7-19-10-14/h1-10,21-24H,(H,20,25). The number of rotatable bonds is 5. The van der Waals surface area contributed by atoms with Gasteiger partial charge in [0.1, 0.15) is 4.90 Å². The predicted octanol–water partition coefficient (Wildman–Crippen LogP) is 2.25. The molecule has 10 heteroatoms. The van der Waals surface area contributed by atoms with Gasteiger partial charge in [0.2, 0.25) is 0 Å². The Hall–Kier alpha value is -3.79. The summed E-state index contributed by atoms with van der Waals surface area (Å²) in [6.07, 6.45) is 2.68. The van der Waals surface area contributed by atoms with Gasteiger partial charge < -0.3 is 20.6 Å². The first kappa shape index (κ1) is 19.0. The van der Waals surface area contributed by atoms with E-state index in [-0.39, 0.29) is 16.1 Å². The van der Waals surface area contributed by atoms with Crippen molar-refractivity contribution in [2.75, 3.05) is 10.0 Å². The molecule has 3 rings (SSSR count). The lowest BCUT2D eigenvalue weighted by Crippen LogP contribution is -2.14. The number of hydrogen-bond donors (Lipinski definition) is 5. The highest BCUT2D eigenvalue weighted by molar-refractivity contribution is 7.92. The number of carbonyl (C=O) groups is 1. The van der Waals surface area contributed by atoms with E-state index in [0.717, 1.165) is 12.1 Å². The summed E-state index contributed by atoms with van der Waals surface area (Å²) in [5, 5.41) is 30.8. The van der Waals surface area contributed by atoms with Crippen molar-refractivity contribution < 1.29 is 28.5 Å². The Balaban J connectivity index is 1.72. The molecular weight excluding hydrogens is 386 g/mol. The number of amides is 1. The van der Waals surface area contributed by atoms with Gasteiger partial charge in [0, 0.05) is 29.3 Å². The molecule has 0 aliphatic heterocycles. The molecule has 144 valence electrons. The van der Waals surface area contributed by atoms with Gasteiger partial charge >= 0.3 is 0 Å². The van der Waals surface area contributed by atoms with Crippen LogP contribution in [0.4, 0.5) is 11.4 Å². The van der Waals surface area contributed by atoms with Crippen LogP contribution in [0.3, 0.4) is 0 Å². The second kappa shape index (κ2) is 7.45. The van der Waals surface area contributed by atoms with Crippen molar-refractivity contribution in [3.05, 3.63) is 66.5 Å². The number of nitrogens with zero attached hydrogens (tertiary/aromatic N) is 1. The quantitative estimate of drug-likeness (QED) is 0.412. The zero-order valence-corrected chi connectivity index (χ0v) is 15.0. The van der Waals surface area contributed by atoms with E-state index in [1.165, 1.54) is 48.8 Å². The van der Waals surface area contributed by atoms with Crippen molar-refractivity contribution in [3.8, 4) is 17.2 Å². The van der Waals surface area contributed by atoms with Gasteiger partial charge in [-0.2, -0.15) is 0 Å². The first-order valence-corrected chi connectivity index (χ1v) is 9.34. The lowest BCUT2D eigenvalue weighted by atomic mass is 10.1. The highest BCUT2D eigenvalue weighted by Gasteiger charge is 2.15. The average molecular weight is 401 g/mol. The molecule has 2 aromatic carbocycles. The highest BCUT2D eigenvalue weighted by Crippen LogP contribution is 2.35. The molecule has 0 radical (unpaired) electrons. The van der Waals surface area contributed by atoms with Crippen molar-refractivity contribution in [2.24, 2.45) is 0 Å². The monoisotopic (exact) mass is 401 g/mol. The molecule has 0 unspecified atom stereocenters. The molecule has 1 aromatic heterocycles. The molecule has 0 bridgehead atoms. The van der Waals surface area contributed by atoms with E-state index in [1.54, 1.807) is 0 Å². The Labute approximate surface area is 160 Å². The summed E-state index contributed by atoms with van der Waals surface area (Å²) in [6, 6.07) is 10.8. The Morgan fingerprint density at radius 1 is 0.929 bits per heavy atom. The fourth-order valence-corrected chi connectivity index (χ4v) is 3.30. The topological polar surface area (TPSA) is 149 Å². The molecule has 0 fully saturated rings. The Morgan fingerprint density at radius 3 is 2.11 bits per heavy atom. The van der Waals surface area contributed by atoms with E-state index in [0.29, 0.717) is 5.69 Å². The zero-order valence-electron chi connectivity index (χ0n) is 14.2. The Bertz CT molecular complexity index is 1090. The lowest BCUT2D eigenvalue weighted by Gasteiger charge is -2.10. The third kappa shape index (κ3) is 4.13. The van der Waals surface area contributed by atoms with E-state index in [1.807, 2.05) is 0 Å². The number of benzene rings is 2. The van der Waals surface area contributed by atoms with Crippen LogP contribution < -0.4 is 10.0 Å². The second-order valence-corrected chi connectivity index (χ2v) is 7.37. The number of phenols is 3. The van der Waals surface area contributed by atoms with Crippen LogP contribution in [-0.4, -0.2) is 34.6 Å². The second-order valence-electron chi connectivity index (χ2n) is 5.69. The fourth-order valence-electron chi connectivity index (χ4n) is 2.28. The lowest BCUT2D eigenvalue weighted by molar-refractivity contribution is 0.102. The number of sulfonamides is 1. The smallest absolute Gasteiger partial charge is 0.263 e. The summed E-state index contributed by atoms with van der Waals surface area (Å²) in [5.74, 6) is -2.63. The van der Waals surface area contributed by atoms with E-state index in [2.05, 4.69) is 15.0 Å². The summed E-state index contributed by atoms with van der Waals surface area (Å²) in [7, 11) is -3.78. The van der Waals surface area contributed by atoms with E-state index in [9.17, 15) is 28.5 Å². The van der Waals surface area contributed by atoms with Crippen LogP contribution >= 0.6 is 0 Å². The van der Waals surface area contributed by atoms with E-state index >= 15 is 0 Å². The average Bonchev–Trinajstić information content (AvgIpc) is 2.67. The van der Waals surface area contributed by atoms with Gasteiger partial charge in [-0.3, -0.25) is 14.5 Å². The summed E-state index contributed by atoms with van der Waals surface area (Å²) in [5.41, 5.74) is 0.553. The van der Waals surface area contributed by atoms with Crippen molar-refractivity contribution >= 4 is 27.3 Å². The molecule has 0 atom stereocenters. The minimum absolute atomic E-state index is 0.0133. The number of pyridine rings is 1. The van der Waals surface area contributed by atoms with Gasteiger partial charge in [0.25, 0.3) is 15.9 Å². The molecule has 28 heavy (non-hydrogen) atoms. The SMILES string of the molecule is O=C(Nc1ccc(NS(=O)(=O)c2cccnc2)cc1)c1cc(O)c(O)c(O)c1. The number of anilines is 2. The predicted molar refractivity (Wildman–Crippen MR) is 101 cm³/mol. The van der Waals surface area contributed by atoms with E-state index in [4.69, 9.17) is 0 Å². The van der Waals surface area contributed by atoms with Gasteiger partial charge in [-0.15, -0.1) is 0 Å². The normalized spacial score (nSPS) is 11.0. The van der Waals surface area contributed by atoms with Crippen LogP contribution in [0.5, 0.6) is 17.2 Å². The van der Waals surface area contributed by atoms with Crippen LogP contribution in [0, 0.1) is 0 Å². The maximum absolute atomic E-state index is 12.3. The van der Waals surface area contributed by atoms with Crippen LogP contribution in [0.15, 0.2) is 65.8 Å². The molecule has 1 amide bonds. The molecule has 9 nitrogen and oxygen atoms in total. The van der Waals surface area contributed by atoms with Gasteiger partial charge in [0.05, 0.1) is 0 Å². The highest BCUT2D eigenvalue weighted by atomic mass is 32.2. The number of nitrogens with one attached hydrogen (secondary N) is 2. The van der Waals surface area contributed by atoms with Gasteiger partial charge in [-0.25, -0.2) is 8.42 Å². The van der Waals surface area contributed by atoms with E-state index < -0.39 is 33.2 Å².